The van der Waals surface area contributed by atoms with E-state index in [-0.39, 0.29) is 0 Å². The van der Waals surface area contributed by atoms with Crippen LogP contribution in [0.5, 0.6) is 0 Å². The van der Waals surface area contributed by atoms with Gasteiger partial charge in [-0.15, -0.1) is 0 Å². The van der Waals surface area contributed by atoms with Gasteiger partial charge in [0.2, 0.25) is 0 Å². The third-order valence-corrected chi connectivity index (χ3v) is 2.85. The van der Waals surface area contributed by atoms with E-state index in [1.54, 1.807) is 0 Å². The van der Waals surface area contributed by atoms with Gasteiger partial charge in [-0.2, -0.15) is 0 Å². The molecule has 1 saturated heterocycles. The highest BCUT2D eigenvalue weighted by Gasteiger charge is 2.16. The monoisotopic (exact) mass is 170 g/mol. The molecule has 0 aromatic carbocycles. The van der Waals surface area contributed by atoms with Gasteiger partial charge in [-0.05, 0) is 44.3 Å². The SMILES string of the molecule is CC1CCN(CC(C)CN)CC1. The number of hydrogen-bond donors (Lipinski definition) is 1. The number of piperidine rings is 1. The summed E-state index contributed by atoms with van der Waals surface area (Å²) in [4.78, 5) is 2.55. The van der Waals surface area contributed by atoms with E-state index in [0.717, 1.165) is 12.5 Å². The molecule has 1 aliphatic rings. The first-order valence-corrected chi connectivity index (χ1v) is 5.14. The first-order chi connectivity index (χ1) is 5.72. The highest BCUT2D eigenvalue weighted by molar-refractivity contribution is 4.71. The van der Waals surface area contributed by atoms with Crippen molar-refractivity contribution in [2.24, 2.45) is 17.6 Å². The zero-order chi connectivity index (χ0) is 8.97. The lowest BCUT2D eigenvalue weighted by Gasteiger charge is -2.31. The smallest absolute Gasteiger partial charge is 0.00191 e. The molecule has 0 spiro atoms. The summed E-state index contributed by atoms with van der Waals surface area (Å²) in [6, 6.07) is 0. The van der Waals surface area contributed by atoms with Crippen LogP contribution in [-0.2, 0) is 0 Å². The number of likely N-dealkylation sites (tertiary alicyclic amines) is 1. The summed E-state index contributed by atoms with van der Waals surface area (Å²) in [7, 11) is 0. The average Bonchev–Trinajstić information content (AvgIpc) is 2.09. The van der Waals surface area contributed by atoms with Crippen LogP contribution in [0.25, 0.3) is 0 Å². The number of nitrogens with two attached hydrogens (primary N) is 1. The third-order valence-electron chi connectivity index (χ3n) is 2.85. The standard InChI is InChI=1S/C10H22N2/c1-9-3-5-12(6-4-9)8-10(2)7-11/h9-10H,3-8,11H2,1-2H3. The van der Waals surface area contributed by atoms with Gasteiger partial charge in [-0.3, -0.25) is 0 Å². The predicted molar refractivity (Wildman–Crippen MR) is 53.1 cm³/mol. The molecule has 0 bridgehead atoms. The molecular weight excluding hydrogens is 148 g/mol. The molecule has 0 saturated carbocycles. The van der Waals surface area contributed by atoms with Crippen molar-refractivity contribution in [2.75, 3.05) is 26.2 Å². The molecule has 0 aliphatic carbocycles. The fraction of sp³-hybridized carbons (Fsp3) is 1.00. The Bertz CT molecular complexity index is 117. The normalized spacial score (nSPS) is 24.2. The van der Waals surface area contributed by atoms with Gasteiger partial charge < -0.3 is 10.6 Å². The van der Waals surface area contributed by atoms with Crippen molar-refractivity contribution in [1.82, 2.24) is 4.90 Å². The number of rotatable bonds is 3. The summed E-state index contributed by atoms with van der Waals surface area (Å²) >= 11 is 0. The summed E-state index contributed by atoms with van der Waals surface area (Å²) in [6.07, 6.45) is 2.74. The second kappa shape index (κ2) is 4.83. The molecule has 1 heterocycles. The fourth-order valence-electron chi connectivity index (χ4n) is 1.76. The van der Waals surface area contributed by atoms with Crippen LogP contribution < -0.4 is 5.73 Å². The maximum absolute atomic E-state index is 5.59. The third kappa shape index (κ3) is 3.11. The molecule has 1 rings (SSSR count). The maximum Gasteiger partial charge on any atom is 0.00191 e. The van der Waals surface area contributed by atoms with Crippen molar-refractivity contribution in [3.8, 4) is 0 Å². The van der Waals surface area contributed by atoms with Crippen LogP contribution in [0.1, 0.15) is 26.7 Å². The lowest BCUT2D eigenvalue weighted by atomic mass is 9.98. The largest absolute Gasteiger partial charge is 0.330 e. The van der Waals surface area contributed by atoms with Crippen molar-refractivity contribution in [1.29, 1.82) is 0 Å². The van der Waals surface area contributed by atoms with E-state index in [9.17, 15) is 0 Å². The molecule has 0 amide bonds. The number of hydrogen-bond acceptors (Lipinski definition) is 2. The Balaban J connectivity index is 2.17. The van der Waals surface area contributed by atoms with Crippen LogP contribution in [0.2, 0.25) is 0 Å². The van der Waals surface area contributed by atoms with Crippen molar-refractivity contribution in [2.45, 2.75) is 26.7 Å². The average molecular weight is 170 g/mol. The lowest BCUT2D eigenvalue weighted by Crippen LogP contribution is -2.37. The van der Waals surface area contributed by atoms with Gasteiger partial charge in [-0.25, -0.2) is 0 Å². The van der Waals surface area contributed by atoms with E-state index in [1.807, 2.05) is 0 Å². The summed E-state index contributed by atoms with van der Waals surface area (Å²) in [5.74, 6) is 1.60. The Morgan fingerprint density at radius 1 is 1.42 bits per heavy atom. The molecule has 0 aromatic rings. The second-order valence-electron chi connectivity index (χ2n) is 4.32. The topological polar surface area (TPSA) is 29.3 Å². The highest BCUT2D eigenvalue weighted by atomic mass is 15.1. The summed E-state index contributed by atoms with van der Waals surface area (Å²) < 4.78 is 0. The van der Waals surface area contributed by atoms with E-state index in [0.29, 0.717) is 5.92 Å². The quantitative estimate of drug-likeness (QED) is 0.692. The molecule has 1 unspecified atom stereocenters. The molecule has 72 valence electrons. The molecule has 2 nitrogen and oxygen atoms in total. The number of nitrogens with zero attached hydrogens (tertiary/aromatic N) is 1. The van der Waals surface area contributed by atoms with E-state index < -0.39 is 0 Å². The zero-order valence-electron chi connectivity index (χ0n) is 8.42. The molecule has 1 fully saturated rings. The molecule has 12 heavy (non-hydrogen) atoms. The molecule has 0 aromatic heterocycles. The van der Waals surface area contributed by atoms with Crippen LogP contribution in [0.4, 0.5) is 0 Å². The molecule has 1 atom stereocenters. The lowest BCUT2D eigenvalue weighted by molar-refractivity contribution is 0.172. The minimum absolute atomic E-state index is 0.665. The van der Waals surface area contributed by atoms with E-state index in [4.69, 9.17) is 5.73 Å². The Kier molecular flexibility index (Phi) is 4.02. The van der Waals surface area contributed by atoms with Crippen molar-refractivity contribution >= 4 is 0 Å². The summed E-state index contributed by atoms with van der Waals surface area (Å²) in [6.45, 7) is 9.17. The summed E-state index contributed by atoms with van der Waals surface area (Å²) in [5, 5.41) is 0. The Hall–Kier alpha value is -0.0800. The second-order valence-corrected chi connectivity index (χ2v) is 4.32. The Morgan fingerprint density at radius 3 is 2.50 bits per heavy atom. The van der Waals surface area contributed by atoms with Crippen molar-refractivity contribution in [3.05, 3.63) is 0 Å². The van der Waals surface area contributed by atoms with Crippen LogP contribution in [0.15, 0.2) is 0 Å². The van der Waals surface area contributed by atoms with Crippen LogP contribution >= 0.6 is 0 Å². The van der Waals surface area contributed by atoms with E-state index in [2.05, 4.69) is 18.7 Å². The van der Waals surface area contributed by atoms with Crippen LogP contribution in [0, 0.1) is 11.8 Å². The molecular formula is C10H22N2. The minimum atomic E-state index is 0.665. The molecule has 2 heteroatoms. The summed E-state index contributed by atoms with van der Waals surface area (Å²) in [5.41, 5.74) is 5.59. The van der Waals surface area contributed by atoms with Gasteiger partial charge in [0.05, 0.1) is 0 Å². The molecule has 1 aliphatic heterocycles. The van der Waals surface area contributed by atoms with E-state index in [1.165, 1.54) is 32.5 Å². The van der Waals surface area contributed by atoms with Crippen LogP contribution in [-0.4, -0.2) is 31.1 Å². The first kappa shape index (κ1) is 10.0. The predicted octanol–water partition coefficient (Wildman–Crippen LogP) is 1.31. The Morgan fingerprint density at radius 2 is 2.00 bits per heavy atom. The van der Waals surface area contributed by atoms with Crippen LogP contribution in [0.3, 0.4) is 0 Å². The maximum atomic E-state index is 5.59. The fourth-order valence-corrected chi connectivity index (χ4v) is 1.76. The minimum Gasteiger partial charge on any atom is -0.330 e. The van der Waals surface area contributed by atoms with Crippen molar-refractivity contribution < 1.29 is 0 Å². The van der Waals surface area contributed by atoms with Gasteiger partial charge in [0.15, 0.2) is 0 Å². The highest BCUT2D eigenvalue weighted by Crippen LogP contribution is 2.16. The van der Waals surface area contributed by atoms with Gasteiger partial charge in [0.1, 0.15) is 0 Å². The molecule has 2 N–H and O–H groups in total. The first-order valence-electron chi connectivity index (χ1n) is 5.14. The zero-order valence-corrected chi connectivity index (χ0v) is 8.42. The Labute approximate surface area is 76.1 Å². The van der Waals surface area contributed by atoms with Crippen molar-refractivity contribution in [3.63, 3.8) is 0 Å². The van der Waals surface area contributed by atoms with Gasteiger partial charge in [-0.1, -0.05) is 13.8 Å². The molecule has 0 radical (unpaired) electrons. The van der Waals surface area contributed by atoms with Gasteiger partial charge in [0, 0.05) is 6.54 Å². The van der Waals surface area contributed by atoms with Gasteiger partial charge in [0.25, 0.3) is 0 Å². The van der Waals surface area contributed by atoms with E-state index >= 15 is 0 Å². The van der Waals surface area contributed by atoms with Gasteiger partial charge >= 0.3 is 0 Å².